The van der Waals surface area contributed by atoms with Gasteiger partial charge in [-0.05, 0) is 45.1 Å². The normalized spacial score (nSPS) is 10.8. The quantitative estimate of drug-likeness (QED) is 0.695. The topological polar surface area (TPSA) is 37.0 Å². The van der Waals surface area contributed by atoms with Crippen LogP contribution in [0, 0.1) is 0 Å². The summed E-state index contributed by atoms with van der Waals surface area (Å²) in [6.07, 6.45) is 1.72. The summed E-state index contributed by atoms with van der Waals surface area (Å²) in [5, 5.41) is 6.75. The molecule has 0 bridgehead atoms. The fourth-order valence-electron chi connectivity index (χ4n) is 0.925. The average molecular weight is 209 g/mol. The number of nitrogens with zero attached hydrogens (tertiary/aromatic N) is 1. The molecule has 3 nitrogen and oxygen atoms in total. The summed E-state index contributed by atoms with van der Waals surface area (Å²) in [6, 6.07) is 5.65. The van der Waals surface area contributed by atoms with Gasteiger partial charge in [0, 0.05) is 11.7 Å². The molecule has 76 valence electrons. The predicted molar refractivity (Wildman–Crippen MR) is 63.3 cm³/mol. The second-order valence-corrected chi connectivity index (χ2v) is 4.45. The Bertz CT molecular complexity index is 303. The lowest BCUT2D eigenvalue weighted by atomic mass is 10.1. The van der Waals surface area contributed by atoms with Crippen LogP contribution in [0.5, 0.6) is 0 Å². The molecule has 0 atom stereocenters. The average Bonchev–Trinajstić information content (AvgIpc) is 2.02. The molecular formula is C10H15N3S. The largest absolute Gasteiger partial charge is 0.358 e. The van der Waals surface area contributed by atoms with E-state index in [-0.39, 0.29) is 5.54 Å². The minimum atomic E-state index is -0.0289. The van der Waals surface area contributed by atoms with Gasteiger partial charge in [0.15, 0.2) is 5.11 Å². The molecule has 0 spiro atoms. The third-order valence-electron chi connectivity index (χ3n) is 1.40. The molecule has 1 aromatic rings. The summed E-state index contributed by atoms with van der Waals surface area (Å²) in [4.78, 5) is 4.11. The van der Waals surface area contributed by atoms with Crippen LogP contribution in [0.1, 0.15) is 20.8 Å². The van der Waals surface area contributed by atoms with Crippen LogP contribution >= 0.6 is 12.2 Å². The van der Waals surface area contributed by atoms with Crippen molar-refractivity contribution in [2.45, 2.75) is 26.3 Å². The third-order valence-corrected chi connectivity index (χ3v) is 1.60. The fourth-order valence-corrected chi connectivity index (χ4v) is 1.34. The molecule has 0 saturated carbocycles. The molecule has 2 N–H and O–H groups in total. The van der Waals surface area contributed by atoms with E-state index in [1.807, 2.05) is 18.2 Å². The zero-order valence-electron chi connectivity index (χ0n) is 8.66. The highest BCUT2D eigenvalue weighted by Crippen LogP contribution is 2.02. The maximum Gasteiger partial charge on any atom is 0.172 e. The molecule has 0 fully saturated rings. The first-order valence-corrected chi connectivity index (χ1v) is 4.88. The SMILES string of the molecule is CC(C)(C)NC(=S)Nc1ccccn1. The molecule has 1 heterocycles. The van der Waals surface area contributed by atoms with Crippen LogP contribution in [0.3, 0.4) is 0 Å². The zero-order chi connectivity index (χ0) is 10.6. The molecule has 0 aliphatic carbocycles. The van der Waals surface area contributed by atoms with Gasteiger partial charge in [0.05, 0.1) is 0 Å². The standard InChI is InChI=1S/C10H15N3S/c1-10(2,3)13-9(14)12-8-6-4-5-7-11-8/h4-7H,1-3H3,(H2,11,12,13,14). The van der Waals surface area contributed by atoms with Crippen molar-refractivity contribution in [3.05, 3.63) is 24.4 Å². The predicted octanol–water partition coefficient (Wildman–Crippen LogP) is 2.17. The van der Waals surface area contributed by atoms with Crippen molar-refractivity contribution in [2.75, 3.05) is 5.32 Å². The molecule has 0 saturated heterocycles. The number of thiocarbonyl (C=S) groups is 1. The van der Waals surface area contributed by atoms with Crippen molar-refractivity contribution in [1.29, 1.82) is 0 Å². The van der Waals surface area contributed by atoms with Crippen LogP contribution in [0.4, 0.5) is 5.82 Å². The first-order chi connectivity index (χ1) is 6.47. The number of hydrogen-bond donors (Lipinski definition) is 2. The summed E-state index contributed by atoms with van der Waals surface area (Å²) in [6.45, 7) is 6.16. The van der Waals surface area contributed by atoms with Crippen LogP contribution < -0.4 is 10.6 Å². The minimum Gasteiger partial charge on any atom is -0.358 e. The van der Waals surface area contributed by atoms with E-state index in [0.717, 1.165) is 5.82 Å². The van der Waals surface area contributed by atoms with E-state index < -0.39 is 0 Å². The molecule has 0 aliphatic rings. The summed E-state index contributed by atoms with van der Waals surface area (Å²) >= 11 is 5.12. The number of pyridine rings is 1. The zero-order valence-corrected chi connectivity index (χ0v) is 9.48. The number of hydrogen-bond acceptors (Lipinski definition) is 2. The second-order valence-electron chi connectivity index (χ2n) is 4.04. The van der Waals surface area contributed by atoms with Gasteiger partial charge in [-0.2, -0.15) is 0 Å². The number of aromatic nitrogens is 1. The van der Waals surface area contributed by atoms with Crippen LogP contribution in [0.25, 0.3) is 0 Å². The van der Waals surface area contributed by atoms with Crippen LogP contribution in [-0.4, -0.2) is 15.6 Å². The Morgan fingerprint density at radius 2 is 2.07 bits per heavy atom. The molecule has 4 heteroatoms. The Morgan fingerprint density at radius 1 is 1.36 bits per heavy atom. The van der Waals surface area contributed by atoms with Gasteiger partial charge in [-0.1, -0.05) is 6.07 Å². The summed E-state index contributed by atoms with van der Waals surface area (Å²) in [5.41, 5.74) is -0.0289. The highest BCUT2D eigenvalue weighted by Gasteiger charge is 2.10. The molecule has 1 rings (SSSR count). The molecule has 1 aromatic heterocycles. The minimum absolute atomic E-state index is 0.0289. The van der Waals surface area contributed by atoms with E-state index in [1.165, 1.54) is 0 Å². The maximum absolute atomic E-state index is 5.12. The number of rotatable bonds is 1. The lowest BCUT2D eigenvalue weighted by molar-refractivity contribution is 0.515. The van der Waals surface area contributed by atoms with E-state index in [1.54, 1.807) is 6.20 Å². The van der Waals surface area contributed by atoms with Crippen molar-refractivity contribution >= 4 is 23.1 Å². The molecule has 14 heavy (non-hydrogen) atoms. The Morgan fingerprint density at radius 3 is 2.57 bits per heavy atom. The van der Waals surface area contributed by atoms with Crippen LogP contribution in [-0.2, 0) is 0 Å². The van der Waals surface area contributed by atoms with Crippen molar-refractivity contribution in [3.8, 4) is 0 Å². The molecular weight excluding hydrogens is 194 g/mol. The summed E-state index contributed by atoms with van der Waals surface area (Å²) < 4.78 is 0. The van der Waals surface area contributed by atoms with E-state index in [4.69, 9.17) is 12.2 Å². The Kier molecular flexibility index (Phi) is 3.41. The molecule has 0 amide bonds. The molecule has 0 aliphatic heterocycles. The van der Waals surface area contributed by atoms with Gasteiger partial charge in [-0.3, -0.25) is 0 Å². The summed E-state index contributed by atoms with van der Waals surface area (Å²) in [7, 11) is 0. The van der Waals surface area contributed by atoms with Gasteiger partial charge in [0.1, 0.15) is 5.82 Å². The number of anilines is 1. The number of nitrogens with one attached hydrogen (secondary N) is 2. The van der Waals surface area contributed by atoms with E-state index in [2.05, 4.69) is 36.4 Å². The van der Waals surface area contributed by atoms with Crippen LogP contribution in [0.2, 0.25) is 0 Å². The fraction of sp³-hybridized carbons (Fsp3) is 0.400. The Labute approximate surface area is 89.9 Å². The molecule has 0 radical (unpaired) electrons. The van der Waals surface area contributed by atoms with Crippen molar-refractivity contribution < 1.29 is 0 Å². The highest BCUT2D eigenvalue weighted by atomic mass is 32.1. The smallest absolute Gasteiger partial charge is 0.172 e. The van der Waals surface area contributed by atoms with Gasteiger partial charge in [0.25, 0.3) is 0 Å². The van der Waals surface area contributed by atoms with Gasteiger partial charge in [0.2, 0.25) is 0 Å². The van der Waals surface area contributed by atoms with Crippen molar-refractivity contribution in [2.24, 2.45) is 0 Å². The van der Waals surface area contributed by atoms with E-state index in [9.17, 15) is 0 Å². The van der Waals surface area contributed by atoms with Gasteiger partial charge < -0.3 is 10.6 Å². The summed E-state index contributed by atoms with van der Waals surface area (Å²) in [5.74, 6) is 0.759. The first kappa shape index (κ1) is 10.9. The maximum atomic E-state index is 5.12. The van der Waals surface area contributed by atoms with Gasteiger partial charge in [-0.15, -0.1) is 0 Å². The van der Waals surface area contributed by atoms with E-state index in [0.29, 0.717) is 5.11 Å². The second kappa shape index (κ2) is 4.37. The van der Waals surface area contributed by atoms with Crippen molar-refractivity contribution in [3.63, 3.8) is 0 Å². The molecule has 0 unspecified atom stereocenters. The van der Waals surface area contributed by atoms with Gasteiger partial charge >= 0.3 is 0 Å². The Hall–Kier alpha value is -1.16. The lowest BCUT2D eigenvalue weighted by Gasteiger charge is -2.22. The monoisotopic (exact) mass is 209 g/mol. The van der Waals surface area contributed by atoms with Crippen molar-refractivity contribution in [1.82, 2.24) is 10.3 Å². The first-order valence-electron chi connectivity index (χ1n) is 4.47. The van der Waals surface area contributed by atoms with Gasteiger partial charge in [-0.25, -0.2) is 4.98 Å². The van der Waals surface area contributed by atoms with Crippen LogP contribution in [0.15, 0.2) is 24.4 Å². The lowest BCUT2D eigenvalue weighted by Crippen LogP contribution is -2.43. The molecule has 0 aromatic carbocycles. The Balaban J connectivity index is 2.50. The third kappa shape index (κ3) is 4.18. The highest BCUT2D eigenvalue weighted by molar-refractivity contribution is 7.80. The van der Waals surface area contributed by atoms with E-state index >= 15 is 0 Å².